The van der Waals surface area contributed by atoms with Crippen LogP contribution in [-0.4, -0.2) is 52.0 Å². The number of nitrogens with zero attached hydrogens (tertiary/aromatic N) is 3. The summed E-state index contributed by atoms with van der Waals surface area (Å²) in [4.78, 5) is 27.0. The standard InChI is InChI=1S/C23H21BrN6O4S2/c1-35(32)16-8-6-15(7-9-16)28-23-27-13-14-12-18(17-4-2-3-5-19(17)24)20(29-21(14)30-23)22(31)26-10-11-36(25,33)34/h2-9,12-13H,10-11H2,1H3,(H,26,31)(H2,25,33,34)(H,27,28,29,30). The summed E-state index contributed by atoms with van der Waals surface area (Å²) in [6, 6.07) is 16.1. The number of sulfonamides is 1. The largest absolute Gasteiger partial charge is 0.350 e. The van der Waals surface area contributed by atoms with Gasteiger partial charge in [0.05, 0.1) is 5.75 Å². The smallest absolute Gasteiger partial charge is 0.270 e. The van der Waals surface area contributed by atoms with Crippen LogP contribution >= 0.6 is 15.9 Å². The number of aromatic nitrogens is 3. The summed E-state index contributed by atoms with van der Waals surface area (Å²) >= 11 is 3.51. The molecule has 0 fully saturated rings. The number of primary sulfonamides is 1. The molecule has 13 heteroatoms. The van der Waals surface area contributed by atoms with E-state index in [1.165, 1.54) is 0 Å². The molecule has 36 heavy (non-hydrogen) atoms. The number of hydrogen-bond donors (Lipinski definition) is 3. The van der Waals surface area contributed by atoms with E-state index in [9.17, 15) is 17.4 Å². The summed E-state index contributed by atoms with van der Waals surface area (Å²) in [5.41, 5.74) is 2.28. The second kappa shape index (κ2) is 10.8. The number of halogens is 1. The van der Waals surface area contributed by atoms with E-state index >= 15 is 0 Å². The first kappa shape index (κ1) is 25.8. The third-order valence-electron chi connectivity index (χ3n) is 5.06. The van der Waals surface area contributed by atoms with Crippen LogP contribution in [0.1, 0.15) is 10.5 Å². The predicted molar refractivity (Wildman–Crippen MR) is 143 cm³/mol. The Balaban J connectivity index is 1.72. The van der Waals surface area contributed by atoms with Crippen molar-refractivity contribution in [1.82, 2.24) is 20.3 Å². The lowest BCUT2D eigenvalue weighted by molar-refractivity contribution is 0.0952. The number of amides is 1. The van der Waals surface area contributed by atoms with Gasteiger partial charge in [0.2, 0.25) is 16.0 Å². The Labute approximate surface area is 218 Å². The molecule has 0 aliphatic heterocycles. The average Bonchev–Trinajstić information content (AvgIpc) is 2.83. The van der Waals surface area contributed by atoms with Gasteiger partial charge in [-0.15, -0.1) is 0 Å². The number of nitrogens with one attached hydrogen (secondary N) is 2. The van der Waals surface area contributed by atoms with Crippen LogP contribution in [0, 0.1) is 0 Å². The van der Waals surface area contributed by atoms with E-state index in [1.807, 2.05) is 24.3 Å². The molecule has 4 rings (SSSR count). The topological polar surface area (TPSA) is 157 Å². The molecule has 0 aliphatic carbocycles. The Kier molecular flexibility index (Phi) is 7.73. The molecule has 0 aliphatic rings. The molecule has 1 atom stereocenters. The lowest BCUT2D eigenvalue weighted by Gasteiger charge is -2.13. The molecule has 1 amide bonds. The Morgan fingerprint density at radius 3 is 2.47 bits per heavy atom. The lowest BCUT2D eigenvalue weighted by atomic mass is 10.0. The van der Waals surface area contributed by atoms with E-state index in [0.29, 0.717) is 21.5 Å². The molecule has 10 nitrogen and oxygen atoms in total. The summed E-state index contributed by atoms with van der Waals surface area (Å²) in [5, 5.41) is 11.3. The number of carbonyl (C=O) groups is 1. The van der Waals surface area contributed by atoms with Gasteiger partial charge in [0.1, 0.15) is 5.69 Å². The highest BCUT2D eigenvalue weighted by atomic mass is 79.9. The summed E-state index contributed by atoms with van der Waals surface area (Å²) in [6.45, 7) is -0.165. The number of hydrogen-bond acceptors (Lipinski definition) is 8. The van der Waals surface area contributed by atoms with Crippen molar-refractivity contribution in [3.8, 4) is 11.1 Å². The molecule has 4 N–H and O–H groups in total. The fourth-order valence-electron chi connectivity index (χ4n) is 3.33. The van der Waals surface area contributed by atoms with Gasteiger partial charge >= 0.3 is 0 Å². The number of fused-ring (bicyclic) bond motifs is 1. The van der Waals surface area contributed by atoms with E-state index in [1.54, 1.807) is 42.8 Å². The third kappa shape index (κ3) is 6.29. The van der Waals surface area contributed by atoms with Gasteiger partial charge in [0.25, 0.3) is 5.91 Å². The molecule has 0 bridgehead atoms. The zero-order chi connectivity index (χ0) is 25.9. The van der Waals surface area contributed by atoms with Crippen LogP contribution in [0.25, 0.3) is 22.2 Å². The molecule has 0 saturated heterocycles. The van der Waals surface area contributed by atoms with Gasteiger partial charge in [0, 0.05) is 55.8 Å². The van der Waals surface area contributed by atoms with Gasteiger partial charge in [-0.1, -0.05) is 34.1 Å². The predicted octanol–water partition coefficient (Wildman–Crippen LogP) is 2.95. The first-order valence-corrected chi connectivity index (χ1v) is 14.6. The number of nitrogens with two attached hydrogens (primary N) is 1. The van der Waals surface area contributed by atoms with Crippen molar-refractivity contribution in [2.75, 3.05) is 23.9 Å². The monoisotopic (exact) mass is 588 g/mol. The van der Waals surface area contributed by atoms with Gasteiger partial charge in [0.15, 0.2) is 5.65 Å². The second-order valence-corrected chi connectivity index (χ2v) is 11.7. The van der Waals surface area contributed by atoms with Crippen LogP contribution < -0.4 is 15.8 Å². The minimum Gasteiger partial charge on any atom is -0.350 e. The van der Waals surface area contributed by atoms with Crippen molar-refractivity contribution in [3.63, 3.8) is 0 Å². The van der Waals surface area contributed by atoms with Crippen molar-refractivity contribution < 1.29 is 17.4 Å². The number of carbonyl (C=O) groups excluding carboxylic acids is 1. The van der Waals surface area contributed by atoms with Crippen LogP contribution in [0.5, 0.6) is 0 Å². The quantitative estimate of drug-likeness (QED) is 0.283. The number of anilines is 2. The van der Waals surface area contributed by atoms with Crippen LogP contribution in [0.2, 0.25) is 0 Å². The molecule has 0 spiro atoms. The summed E-state index contributed by atoms with van der Waals surface area (Å²) in [5.74, 6) is -0.714. The maximum atomic E-state index is 13.0. The molecule has 0 radical (unpaired) electrons. The normalized spacial score (nSPS) is 12.3. The maximum absolute atomic E-state index is 13.0. The van der Waals surface area contributed by atoms with Gasteiger partial charge in [-0.05, 0) is 42.0 Å². The van der Waals surface area contributed by atoms with Gasteiger partial charge < -0.3 is 10.6 Å². The zero-order valence-electron chi connectivity index (χ0n) is 18.9. The van der Waals surface area contributed by atoms with Gasteiger partial charge in [-0.2, -0.15) is 4.98 Å². The fourth-order valence-corrected chi connectivity index (χ4v) is 4.74. The Bertz CT molecular complexity index is 1580. The summed E-state index contributed by atoms with van der Waals surface area (Å²) in [7, 11) is -4.82. The summed E-state index contributed by atoms with van der Waals surface area (Å²) < 4.78 is 34.9. The molecule has 2 heterocycles. The van der Waals surface area contributed by atoms with Crippen LogP contribution in [0.15, 0.2) is 70.2 Å². The molecule has 2 aromatic carbocycles. The highest BCUT2D eigenvalue weighted by Gasteiger charge is 2.19. The highest BCUT2D eigenvalue weighted by Crippen LogP contribution is 2.32. The molecule has 0 saturated carbocycles. The molecular formula is C23H21BrN6O4S2. The average molecular weight is 589 g/mol. The van der Waals surface area contributed by atoms with Gasteiger partial charge in [-0.3, -0.25) is 9.00 Å². The number of pyridine rings is 1. The van der Waals surface area contributed by atoms with Crippen molar-refractivity contribution in [2.45, 2.75) is 4.90 Å². The summed E-state index contributed by atoms with van der Waals surface area (Å²) in [6.07, 6.45) is 3.20. The Hall–Kier alpha value is -3.26. The Morgan fingerprint density at radius 2 is 1.81 bits per heavy atom. The first-order chi connectivity index (χ1) is 17.1. The zero-order valence-corrected chi connectivity index (χ0v) is 22.2. The van der Waals surface area contributed by atoms with E-state index in [2.05, 4.69) is 41.5 Å². The van der Waals surface area contributed by atoms with Crippen LogP contribution in [0.4, 0.5) is 11.6 Å². The van der Waals surface area contributed by atoms with E-state index in [-0.39, 0.29) is 23.8 Å². The SMILES string of the molecule is CS(=O)c1ccc(Nc2ncc3cc(-c4ccccc4Br)c(C(=O)NCCS(N)(=O)=O)nc3n2)cc1. The minimum atomic E-state index is -3.74. The van der Waals surface area contributed by atoms with Crippen LogP contribution in [-0.2, 0) is 20.8 Å². The third-order valence-corrected chi connectivity index (χ3v) is 7.46. The molecule has 2 aromatic heterocycles. The number of rotatable bonds is 8. The van der Waals surface area contributed by atoms with E-state index < -0.39 is 32.5 Å². The fraction of sp³-hybridized carbons (Fsp3) is 0.130. The van der Waals surface area contributed by atoms with Crippen LogP contribution in [0.3, 0.4) is 0 Å². The molecule has 4 aromatic rings. The molecular weight excluding hydrogens is 568 g/mol. The van der Waals surface area contributed by atoms with Crippen molar-refractivity contribution in [3.05, 3.63) is 71.0 Å². The lowest BCUT2D eigenvalue weighted by Crippen LogP contribution is -2.32. The van der Waals surface area contributed by atoms with Crippen molar-refractivity contribution >= 4 is 65.3 Å². The second-order valence-electron chi connectivity index (χ2n) is 7.70. The maximum Gasteiger partial charge on any atom is 0.270 e. The number of benzene rings is 2. The minimum absolute atomic E-state index is 0.0725. The van der Waals surface area contributed by atoms with E-state index in [4.69, 9.17) is 5.14 Å². The van der Waals surface area contributed by atoms with Gasteiger partial charge in [-0.25, -0.2) is 23.5 Å². The molecule has 186 valence electrons. The molecule has 1 unspecified atom stereocenters. The first-order valence-electron chi connectivity index (χ1n) is 10.5. The van der Waals surface area contributed by atoms with Crippen molar-refractivity contribution in [1.29, 1.82) is 0 Å². The van der Waals surface area contributed by atoms with E-state index in [0.717, 1.165) is 10.0 Å². The Morgan fingerprint density at radius 1 is 1.08 bits per heavy atom. The van der Waals surface area contributed by atoms with Crippen molar-refractivity contribution in [2.24, 2.45) is 5.14 Å². The highest BCUT2D eigenvalue weighted by molar-refractivity contribution is 9.10.